The predicted molar refractivity (Wildman–Crippen MR) is 114 cm³/mol. The van der Waals surface area contributed by atoms with Crippen molar-refractivity contribution in [2.24, 2.45) is 0 Å². The minimum atomic E-state index is -4.84. The van der Waals surface area contributed by atoms with Gasteiger partial charge in [0.1, 0.15) is 0 Å². The minimum Gasteiger partial charge on any atom is -0.325 e. The number of sulfonamides is 1. The monoisotopic (exact) mass is 476 g/mol. The van der Waals surface area contributed by atoms with Crippen LogP contribution in [0.15, 0.2) is 53.4 Å². The van der Waals surface area contributed by atoms with Gasteiger partial charge in [0.05, 0.1) is 21.1 Å². The molecular weight excluding hydrogens is 457 g/mol. The van der Waals surface area contributed by atoms with Crippen LogP contribution in [0.2, 0.25) is 0 Å². The molecule has 0 aromatic heterocycles. The number of nitrogens with one attached hydrogen (secondary N) is 2. The number of thioether (sulfide) groups is 2. The highest BCUT2D eigenvalue weighted by atomic mass is 32.2. The van der Waals surface area contributed by atoms with Crippen molar-refractivity contribution in [3.8, 4) is 0 Å². The van der Waals surface area contributed by atoms with Crippen molar-refractivity contribution in [3.63, 3.8) is 0 Å². The Bertz CT molecular complexity index is 1020. The second-order valence-electron chi connectivity index (χ2n) is 6.53. The van der Waals surface area contributed by atoms with Crippen molar-refractivity contribution < 1.29 is 26.4 Å². The van der Waals surface area contributed by atoms with E-state index in [9.17, 15) is 26.4 Å². The van der Waals surface area contributed by atoms with Gasteiger partial charge >= 0.3 is 6.18 Å². The number of hydrogen-bond donors (Lipinski definition) is 2. The zero-order valence-electron chi connectivity index (χ0n) is 15.8. The third kappa shape index (κ3) is 5.51. The molecule has 0 spiro atoms. The summed E-state index contributed by atoms with van der Waals surface area (Å²) < 4.78 is 66.8. The SMILES string of the molecule is C[C@H](NS(=O)(=O)c1ccccc1C(F)(F)F)C(=O)Nc1cccc(C2SCCS2)c1. The molecule has 2 aromatic carbocycles. The summed E-state index contributed by atoms with van der Waals surface area (Å²) in [6.07, 6.45) is -4.84. The van der Waals surface area contributed by atoms with Crippen LogP contribution in [0.1, 0.15) is 22.6 Å². The van der Waals surface area contributed by atoms with Gasteiger partial charge in [0.25, 0.3) is 0 Å². The summed E-state index contributed by atoms with van der Waals surface area (Å²) in [7, 11) is -4.57. The van der Waals surface area contributed by atoms with Crippen LogP contribution in [0.3, 0.4) is 0 Å². The molecular formula is C19H19F3N2O3S3. The van der Waals surface area contributed by atoms with Gasteiger partial charge in [0.15, 0.2) is 0 Å². The first kappa shape index (κ1) is 23.0. The number of hydrogen-bond acceptors (Lipinski definition) is 5. The van der Waals surface area contributed by atoms with Crippen LogP contribution in [0.25, 0.3) is 0 Å². The third-order valence-corrected chi connectivity index (χ3v) is 8.96. The summed E-state index contributed by atoms with van der Waals surface area (Å²) in [5.41, 5.74) is 0.240. The standard InChI is InChI=1S/C19H19F3N2O3S3/c1-12(24-30(26,27)16-8-3-2-7-15(16)19(20,21)22)17(25)23-14-6-4-5-13(11-14)18-28-9-10-29-18/h2-8,11-12,18,24H,9-10H2,1H3,(H,23,25)/t12-/m0/s1. The first-order valence-electron chi connectivity index (χ1n) is 8.90. The molecule has 1 atom stereocenters. The first-order valence-corrected chi connectivity index (χ1v) is 12.5. The molecule has 0 saturated carbocycles. The van der Waals surface area contributed by atoms with Gasteiger partial charge in [-0.05, 0) is 36.8 Å². The highest BCUT2D eigenvalue weighted by Crippen LogP contribution is 2.45. The summed E-state index contributed by atoms with van der Waals surface area (Å²) in [5.74, 6) is 1.42. The van der Waals surface area contributed by atoms with Gasteiger partial charge in [0, 0.05) is 17.2 Å². The van der Waals surface area contributed by atoms with Crippen LogP contribution in [0.5, 0.6) is 0 Å². The summed E-state index contributed by atoms with van der Waals surface area (Å²) in [6, 6.07) is 9.78. The Morgan fingerprint density at radius 2 is 1.77 bits per heavy atom. The highest BCUT2D eigenvalue weighted by Gasteiger charge is 2.37. The molecule has 1 aliphatic heterocycles. The molecule has 162 valence electrons. The Hall–Kier alpha value is -1.69. The van der Waals surface area contributed by atoms with Crippen LogP contribution in [0.4, 0.5) is 18.9 Å². The smallest absolute Gasteiger partial charge is 0.325 e. The van der Waals surface area contributed by atoms with Crippen molar-refractivity contribution in [3.05, 3.63) is 59.7 Å². The van der Waals surface area contributed by atoms with E-state index in [4.69, 9.17) is 0 Å². The highest BCUT2D eigenvalue weighted by molar-refractivity contribution is 8.19. The van der Waals surface area contributed by atoms with E-state index in [1.165, 1.54) is 13.0 Å². The number of carbonyl (C=O) groups is 1. The molecule has 1 amide bonds. The van der Waals surface area contributed by atoms with Crippen molar-refractivity contribution in [2.75, 3.05) is 16.8 Å². The van der Waals surface area contributed by atoms with E-state index in [2.05, 4.69) is 5.32 Å². The van der Waals surface area contributed by atoms with Gasteiger partial charge < -0.3 is 5.32 Å². The van der Waals surface area contributed by atoms with E-state index < -0.39 is 38.6 Å². The zero-order valence-corrected chi connectivity index (χ0v) is 18.2. The maximum absolute atomic E-state index is 13.2. The normalized spacial score (nSPS) is 16.4. The molecule has 5 nitrogen and oxygen atoms in total. The predicted octanol–water partition coefficient (Wildman–Crippen LogP) is 4.49. The van der Waals surface area contributed by atoms with E-state index in [0.717, 1.165) is 29.2 Å². The molecule has 11 heteroatoms. The van der Waals surface area contributed by atoms with E-state index in [-0.39, 0.29) is 4.58 Å². The van der Waals surface area contributed by atoms with E-state index >= 15 is 0 Å². The lowest BCUT2D eigenvalue weighted by atomic mass is 10.2. The van der Waals surface area contributed by atoms with Crippen molar-refractivity contribution in [1.29, 1.82) is 0 Å². The first-order chi connectivity index (χ1) is 14.1. The summed E-state index contributed by atoms with van der Waals surface area (Å²) in [4.78, 5) is 11.5. The van der Waals surface area contributed by atoms with Crippen molar-refractivity contribution in [2.45, 2.75) is 28.6 Å². The fourth-order valence-corrected chi connectivity index (χ4v) is 7.12. The summed E-state index contributed by atoms with van der Waals surface area (Å²) >= 11 is 3.61. The van der Waals surface area contributed by atoms with Crippen LogP contribution in [-0.4, -0.2) is 31.9 Å². The Labute approximate surface area is 181 Å². The van der Waals surface area contributed by atoms with E-state index in [0.29, 0.717) is 11.8 Å². The molecule has 1 heterocycles. The Morgan fingerprint density at radius 3 is 2.43 bits per heavy atom. The van der Waals surface area contributed by atoms with Gasteiger partial charge in [-0.3, -0.25) is 4.79 Å². The average molecular weight is 477 g/mol. The molecule has 0 unspecified atom stereocenters. The molecule has 1 aliphatic rings. The number of alkyl halides is 3. The van der Waals surface area contributed by atoms with Gasteiger partial charge in [0.2, 0.25) is 15.9 Å². The van der Waals surface area contributed by atoms with Gasteiger partial charge in [-0.15, -0.1) is 23.5 Å². The third-order valence-electron chi connectivity index (χ3n) is 4.26. The van der Waals surface area contributed by atoms with Crippen molar-refractivity contribution >= 4 is 45.1 Å². The molecule has 0 radical (unpaired) electrons. The van der Waals surface area contributed by atoms with Gasteiger partial charge in [-0.1, -0.05) is 24.3 Å². The number of halogens is 3. The molecule has 1 saturated heterocycles. The zero-order chi connectivity index (χ0) is 21.9. The second kappa shape index (κ2) is 9.21. The van der Waals surface area contributed by atoms with Crippen LogP contribution >= 0.6 is 23.5 Å². The minimum absolute atomic E-state index is 0.275. The molecule has 30 heavy (non-hydrogen) atoms. The number of carbonyl (C=O) groups excluding carboxylic acids is 1. The molecule has 3 rings (SSSR count). The maximum Gasteiger partial charge on any atom is 0.417 e. The quantitative estimate of drug-likeness (QED) is 0.643. The van der Waals surface area contributed by atoms with E-state index in [1.54, 1.807) is 35.7 Å². The lowest BCUT2D eigenvalue weighted by Gasteiger charge is -2.18. The number of benzene rings is 2. The fourth-order valence-electron chi connectivity index (χ4n) is 2.85. The van der Waals surface area contributed by atoms with Crippen LogP contribution in [-0.2, 0) is 21.0 Å². The summed E-state index contributed by atoms with van der Waals surface area (Å²) in [5, 5.41) is 2.62. The topological polar surface area (TPSA) is 75.3 Å². The van der Waals surface area contributed by atoms with Crippen molar-refractivity contribution in [1.82, 2.24) is 4.72 Å². The maximum atomic E-state index is 13.2. The molecule has 2 N–H and O–H groups in total. The van der Waals surface area contributed by atoms with E-state index in [1.807, 2.05) is 16.9 Å². The molecule has 0 bridgehead atoms. The Morgan fingerprint density at radius 1 is 1.10 bits per heavy atom. The number of rotatable bonds is 6. The fraction of sp³-hybridized carbons (Fsp3) is 0.316. The number of anilines is 1. The lowest BCUT2D eigenvalue weighted by Crippen LogP contribution is -2.42. The number of amides is 1. The van der Waals surface area contributed by atoms with Gasteiger partial charge in [-0.25, -0.2) is 8.42 Å². The Balaban J connectivity index is 1.72. The van der Waals surface area contributed by atoms with Crippen LogP contribution < -0.4 is 10.0 Å². The van der Waals surface area contributed by atoms with Gasteiger partial charge in [-0.2, -0.15) is 17.9 Å². The van der Waals surface area contributed by atoms with Crippen LogP contribution in [0, 0.1) is 0 Å². The molecule has 1 fully saturated rings. The average Bonchev–Trinajstić information content (AvgIpc) is 3.22. The largest absolute Gasteiger partial charge is 0.417 e. The molecule has 0 aliphatic carbocycles. The Kier molecular flexibility index (Phi) is 7.05. The molecule has 2 aromatic rings. The second-order valence-corrected chi connectivity index (χ2v) is 10.9. The lowest BCUT2D eigenvalue weighted by molar-refractivity contribution is -0.139. The summed E-state index contributed by atoms with van der Waals surface area (Å²) in [6.45, 7) is 1.27.